The van der Waals surface area contributed by atoms with E-state index in [0.29, 0.717) is 16.5 Å². The maximum Gasteiger partial charge on any atom is 0.338 e. The molecule has 1 aromatic heterocycles. The van der Waals surface area contributed by atoms with E-state index in [9.17, 15) is 9.59 Å². The fourth-order valence-electron chi connectivity index (χ4n) is 2.98. The topological polar surface area (TPSA) is 61.2 Å². The Kier molecular flexibility index (Phi) is 4.19. The molecule has 0 N–H and O–H groups in total. The molecule has 0 bridgehead atoms. The molecule has 3 aromatic carbocycles. The van der Waals surface area contributed by atoms with E-state index in [-0.39, 0.29) is 18.7 Å². The first kappa shape index (κ1) is 16.0. The van der Waals surface area contributed by atoms with Gasteiger partial charge in [0.05, 0.1) is 29.3 Å². The van der Waals surface area contributed by atoms with Gasteiger partial charge in [0.2, 0.25) is 0 Å². The molecule has 4 rings (SSSR count). The van der Waals surface area contributed by atoms with Crippen molar-refractivity contribution >= 4 is 27.6 Å². The molecule has 5 nitrogen and oxygen atoms in total. The summed E-state index contributed by atoms with van der Waals surface area (Å²) in [6, 6.07) is 20.4. The van der Waals surface area contributed by atoms with Crippen molar-refractivity contribution in [3.05, 3.63) is 89.0 Å². The van der Waals surface area contributed by atoms with Crippen molar-refractivity contribution in [3.63, 3.8) is 0 Å². The van der Waals surface area contributed by atoms with Crippen LogP contribution in [0.1, 0.15) is 10.4 Å². The van der Waals surface area contributed by atoms with E-state index in [0.717, 1.165) is 10.8 Å². The number of benzene rings is 3. The van der Waals surface area contributed by atoms with Gasteiger partial charge in [-0.1, -0.05) is 48.5 Å². The van der Waals surface area contributed by atoms with Crippen LogP contribution in [0.2, 0.25) is 0 Å². The number of ether oxygens (including phenoxy) is 1. The molecule has 0 atom stereocenters. The van der Waals surface area contributed by atoms with E-state index in [1.165, 1.54) is 10.9 Å². The highest BCUT2D eigenvalue weighted by Crippen LogP contribution is 2.19. The maximum absolute atomic E-state index is 12.4. The Morgan fingerprint density at radius 1 is 0.923 bits per heavy atom. The smallest absolute Gasteiger partial charge is 0.338 e. The van der Waals surface area contributed by atoms with Crippen LogP contribution < -0.4 is 5.56 Å². The summed E-state index contributed by atoms with van der Waals surface area (Å²) >= 11 is 0. The number of nitrogens with zero attached hydrogens (tertiary/aromatic N) is 2. The lowest BCUT2D eigenvalue weighted by Gasteiger charge is -2.09. The first-order valence-electron chi connectivity index (χ1n) is 8.33. The zero-order valence-electron chi connectivity index (χ0n) is 14.0. The van der Waals surface area contributed by atoms with Gasteiger partial charge in [0.1, 0.15) is 6.61 Å². The van der Waals surface area contributed by atoms with Crippen LogP contribution in [0.25, 0.3) is 21.7 Å². The van der Waals surface area contributed by atoms with E-state index >= 15 is 0 Å². The van der Waals surface area contributed by atoms with E-state index in [2.05, 4.69) is 4.98 Å². The van der Waals surface area contributed by atoms with Crippen molar-refractivity contribution in [1.29, 1.82) is 0 Å². The number of rotatable bonds is 4. The average Bonchev–Trinajstić information content (AvgIpc) is 2.69. The fraction of sp³-hybridized carbons (Fsp3) is 0.0952. The molecular formula is C21H16N2O3. The normalized spacial score (nSPS) is 10.9. The third-order valence-electron chi connectivity index (χ3n) is 4.31. The van der Waals surface area contributed by atoms with E-state index in [1.807, 2.05) is 42.5 Å². The van der Waals surface area contributed by atoms with Gasteiger partial charge in [-0.2, -0.15) is 0 Å². The molecule has 0 fully saturated rings. The molecule has 4 aromatic rings. The van der Waals surface area contributed by atoms with Crippen molar-refractivity contribution in [1.82, 2.24) is 9.55 Å². The van der Waals surface area contributed by atoms with Crippen LogP contribution in [-0.2, 0) is 11.3 Å². The predicted molar refractivity (Wildman–Crippen MR) is 100 cm³/mol. The monoisotopic (exact) mass is 344 g/mol. The number of esters is 1. The molecule has 0 saturated heterocycles. The van der Waals surface area contributed by atoms with Crippen molar-refractivity contribution < 1.29 is 9.53 Å². The zero-order valence-corrected chi connectivity index (χ0v) is 14.0. The maximum atomic E-state index is 12.4. The van der Waals surface area contributed by atoms with Gasteiger partial charge in [0, 0.05) is 0 Å². The summed E-state index contributed by atoms with van der Waals surface area (Å²) in [5.41, 5.74) is 1.03. The number of hydrogen-bond donors (Lipinski definition) is 0. The SMILES string of the molecule is O=C(OCCn1cnc2ccccc2c1=O)c1cccc2ccccc12. The lowest BCUT2D eigenvalue weighted by Crippen LogP contribution is -2.23. The minimum absolute atomic E-state index is 0.0992. The van der Waals surface area contributed by atoms with Gasteiger partial charge in [-0.3, -0.25) is 9.36 Å². The summed E-state index contributed by atoms with van der Waals surface area (Å²) in [6.45, 7) is 0.356. The number of hydrogen-bond acceptors (Lipinski definition) is 4. The van der Waals surface area contributed by atoms with Crippen LogP contribution in [0, 0.1) is 0 Å². The van der Waals surface area contributed by atoms with Gasteiger partial charge in [-0.05, 0) is 29.0 Å². The Labute approximate surface area is 149 Å². The molecule has 0 aliphatic rings. The summed E-state index contributed by atoms with van der Waals surface area (Å²) in [7, 11) is 0. The third kappa shape index (κ3) is 2.95. The lowest BCUT2D eigenvalue weighted by atomic mass is 10.1. The number of carbonyl (C=O) groups excluding carboxylic acids is 1. The fourth-order valence-corrected chi connectivity index (χ4v) is 2.98. The number of para-hydroxylation sites is 1. The average molecular weight is 344 g/mol. The summed E-state index contributed by atoms with van der Waals surface area (Å²) in [5.74, 6) is -0.399. The Bertz CT molecular complexity index is 1160. The highest BCUT2D eigenvalue weighted by Gasteiger charge is 2.11. The quantitative estimate of drug-likeness (QED) is 0.532. The van der Waals surface area contributed by atoms with Crippen molar-refractivity contribution in [3.8, 4) is 0 Å². The standard InChI is InChI=1S/C21H16N2O3/c24-20-18-9-3-4-11-19(18)22-14-23(20)12-13-26-21(25)17-10-5-7-15-6-1-2-8-16(15)17/h1-11,14H,12-13H2. The minimum Gasteiger partial charge on any atom is -0.460 e. The summed E-state index contributed by atoms with van der Waals surface area (Å²) in [6.07, 6.45) is 1.48. The predicted octanol–water partition coefficient (Wildman–Crippen LogP) is 3.41. The second kappa shape index (κ2) is 6.80. The van der Waals surface area contributed by atoms with Crippen molar-refractivity contribution in [2.75, 3.05) is 6.61 Å². The Morgan fingerprint density at radius 3 is 2.54 bits per heavy atom. The Morgan fingerprint density at radius 2 is 1.65 bits per heavy atom. The van der Waals surface area contributed by atoms with Crippen LogP contribution in [0.4, 0.5) is 0 Å². The Balaban J connectivity index is 1.50. The highest BCUT2D eigenvalue weighted by molar-refractivity contribution is 6.04. The third-order valence-corrected chi connectivity index (χ3v) is 4.31. The van der Waals surface area contributed by atoms with Gasteiger partial charge < -0.3 is 4.74 Å². The van der Waals surface area contributed by atoms with Gasteiger partial charge in [0.15, 0.2) is 0 Å². The molecule has 0 saturated carbocycles. The second-order valence-corrected chi connectivity index (χ2v) is 5.92. The van der Waals surface area contributed by atoms with Gasteiger partial charge in [-0.15, -0.1) is 0 Å². The molecule has 1 heterocycles. The first-order chi connectivity index (χ1) is 12.7. The van der Waals surface area contributed by atoms with Crippen LogP contribution in [0.3, 0.4) is 0 Å². The molecule has 26 heavy (non-hydrogen) atoms. The molecule has 0 radical (unpaired) electrons. The lowest BCUT2D eigenvalue weighted by molar-refractivity contribution is 0.0492. The molecule has 128 valence electrons. The molecule has 0 spiro atoms. The molecule has 0 unspecified atom stereocenters. The van der Waals surface area contributed by atoms with E-state index in [4.69, 9.17) is 4.74 Å². The number of carbonyl (C=O) groups is 1. The molecule has 0 aliphatic carbocycles. The number of fused-ring (bicyclic) bond motifs is 2. The molecule has 5 heteroatoms. The van der Waals surface area contributed by atoms with Crippen LogP contribution in [0.5, 0.6) is 0 Å². The second-order valence-electron chi connectivity index (χ2n) is 5.92. The summed E-state index contributed by atoms with van der Waals surface area (Å²) < 4.78 is 6.84. The van der Waals surface area contributed by atoms with Gasteiger partial charge in [0.25, 0.3) is 5.56 Å². The minimum atomic E-state index is -0.399. The van der Waals surface area contributed by atoms with Crippen LogP contribution in [-0.4, -0.2) is 22.1 Å². The zero-order chi connectivity index (χ0) is 17.9. The van der Waals surface area contributed by atoms with Crippen LogP contribution >= 0.6 is 0 Å². The van der Waals surface area contributed by atoms with E-state index < -0.39 is 5.97 Å². The summed E-state index contributed by atoms with van der Waals surface area (Å²) in [5, 5.41) is 2.39. The van der Waals surface area contributed by atoms with E-state index in [1.54, 1.807) is 24.3 Å². The van der Waals surface area contributed by atoms with Crippen molar-refractivity contribution in [2.24, 2.45) is 0 Å². The number of aromatic nitrogens is 2. The largest absolute Gasteiger partial charge is 0.460 e. The summed E-state index contributed by atoms with van der Waals surface area (Å²) in [4.78, 5) is 29.1. The highest BCUT2D eigenvalue weighted by atomic mass is 16.5. The molecule has 0 aliphatic heterocycles. The first-order valence-corrected chi connectivity index (χ1v) is 8.33. The van der Waals surface area contributed by atoms with Crippen LogP contribution in [0.15, 0.2) is 77.9 Å². The van der Waals surface area contributed by atoms with Crippen molar-refractivity contribution in [2.45, 2.75) is 6.54 Å². The molecule has 0 amide bonds. The molecular weight excluding hydrogens is 328 g/mol. The van der Waals surface area contributed by atoms with Gasteiger partial charge >= 0.3 is 5.97 Å². The Hall–Kier alpha value is -3.47. The van der Waals surface area contributed by atoms with Gasteiger partial charge in [-0.25, -0.2) is 9.78 Å².